The standard InChI is InChI=1S/C13H19BrN2O3S/c1-2-10-7-9(5-6-19-10)16-13-4-3-11(8-12(13)14)20(15,17)18/h3-4,8-10,16H,2,5-7H2,1H3,(H2,15,17,18). The van der Waals surface area contributed by atoms with Gasteiger partial charge in [-0.1, -0.05) is 6.92 Å². The maximum atomic E-state index is 11.3. The number of nitrogens with two attached hydrogens (primary N) is 1. The largest absolute Gasteiger partial charge is 0.381 e. The Labute approximate surface area is 128 Å². The Kier molecular flexibility index (Phi) is 5.06. The lowest BCUT2D eigenvalue weighted by Crippen LogP contribution is -2.33. The second kappa shape index (κ2) is 6.43. The Balaban J connectivity index is 2.10. The molecule has 0 saturated carbocycles. The third-order valence-corrected chi connectivity index (χ3v) is 5.02. The number of rotatable bonds is 4. The minimum Gasteiger partial charge on any atom is -0.381 e. The summed E-state index contributed by atoms with van der Waals surface area (Å²) >= 11 is 3.38. The van der Waals surface area contributed by atoms with E-state index in [4.69, 9.17) is 9.88 Å². The Morgan fingerprint density at radius 1 is 1.50 bits per heavy atom. The first-order valence-corrected chi connectivity index (χ1v) is 8.94. The highest BCUT2D eigenvalue weighted by atomic mass is 79.9. The third kappa shape index (κ3) is 3.94. The zero-order chi connectivity index (χ0) is 14.8. The van der Waals surface area contributed by atoms with Crippen molar-refractivity contribution in [3.8, 4) is 0 Å². The lowest BCUT2D eigenvalue weighted by atomic mass is 10.0. The van der Waals surface area contributed by atoms with E-state index in [0.717, 1.165) is 31.6 Å². The van der Waals surface area contributed by atoms with Crippen LogP contribution in [0.4, 0.5) is 5.69 Å². The van der Waals surface area contributed by atoms with Gasteiger partial charge in [0.05, 0.1) is 11.0 Å². The van der Waals surface area contributed by atoms with Crippen LogP contribution in [0.1, 0.15) is 26.2 Å². The van der Waals surface area contributed by atoms with E-state index in [9.17, 15) is 8.42 Å². The van der Waals surface area contributed by atoms with Gasteiger partial charge in [-0.25, -0.2) is 13.6 Å². The van der Waals surface area contributed by atoms with Gasteiger partial charge in [0.2, 0.25) is 10.0 Å². The second-order valence-electron chi connectivity index (χ2n) is 4.95. The van der Waals surface area contributed by atoms with Gasteiger partial charge in [0.25, 0.3) is 0 Å². The smallest absolute Gasteiger partial charge is 0.238 e. The summed E-state index contributed by atoms with van der Waals surface area (Å²) in [5.74, 6) is 0. The molecule has 1 saturated heterocycles. The summed E-state index contributed by atoms with van der Waals surface area (Å²) in [6, 6.07) is 5.11. The number of anilines is 1. The van der Waals surface area contributed by atoms with E-state index in [1.54, 1.807) is 6.07 Å². The van der Waals surface area contributed by atoms with Gasteiger partial charge in [-0.05, 0) is 53.4 Å². The molecule has 1 aromatic rings. The van der Waals surface area contributed by atoms with E-state index in [0.29, 0.717) is 16.6 Å². The van der Waals surface area contributed by atoms with Crippen molar-refractivity contribution >= 4 is 31.6 Å². The predicted octanol–water partition coefficient (Wildman–Crippen LogP) is 2.47. The molecular weight excluding hydrogens is 344 g/mol. The molecule has 7 heteroatoms. The van der Waals surface area contributed by atoms with Gasteiger partial charge < -0.3 is 10.1 Å². The number of hydrogen-bond donors (Lipinski definition) is 2. The quantitative estimate of drug-likeness (QED) is 0.861. The number of sulfonamides is 1. The molecule has 1 aliphatic heterocycles. The molecule has 0 aliphatic carbocycles. The van der Waals surface area contributed by atoms with Crippen LogP contribution in [-0.4, -0.2) is 27.2 Å². The molecule has 20 heavy (non-hydrogen) atoms. The average molecular weight is 363 g/mol. The van der Waals surface area contributed by atoms with E-state index in [2.05, 4.69) is 28.2 Å². The minimum absolute atomic E-state index is 0.105. The highest BCUT2D eigenvalue weighted by Gasteiger charge is 2.22. The summed E-state index contributed by atoms with van der Waals surface area (Å²) in [6.45, 7) is 2.87. The summed E-state index contributed by atoms with van der Waals surface area (Å²) in [5.41, 5.74) is 0.874. The molecule has 2 rings (SSSR count). The third-order valence-electron chi connectivity index (χ3n) is 3.45. The van der Waals surface area contributed by atoms with Crippen LogP contribution in [0, 0.1) is 0 Å². The lowest BCUT2D eigenvalue weighted by molar-refractivity contribution is 0.00925. The van der Waals surface area contributed by atoms with Crippen LogP contribution in [0.15, 0.2) is 27.6 Å². The maximum Gasteiger partial charge on any atom is 0.238 e. The number of nitrogens with one attached hydrogen (secondary N) is 1. The van der Waals surface area contributed by atoms with Crippen LogP contribution in [0.2, 0.25) is 0 Å². The van der Waals surface area contributed by atoms with E-state index in [1.807, 2.05) is 0 Å². The number of hydrogen-bond acceptors (Lipinski definition) is 4. The van der Waals surface area contributed by atoms with E-state index < -0.39 is 10.0 Å². The number of ether oxygens (including phenoxy) is 1. The van der Waals surface area contributed by atoms with Gasteiger partial charge in [-0.3, -0.25) is 0 Å². The first-order valence-electron chi connectivity index (χ1n) is 6.60. The normalized spacial score (nSPS) is 23.6. The van der Waals surface area contributed by atoms with Gasteiger partial charge in [-0.2, -0.15) is 0 Å². The molecule has 2 unspecified atom stereocenters. The molecule has 0 bridgehead atoms. The fourth-order valence-corrected chi connectivity index (χ4v) is 3.49. The SMILES string of the molecule is CCC1CC(Nc2ccc(S(N)(=O)=O)cc2Br)CCO1. The van der Waals surface area contributed by atoms with Crippen molar-refractivity contribution in [3.63, 3.8) is 0 Å². The molecule has 5 nitrogen and oxygen atoms in total. The van der Waals surface area contributed by atoms with Crippen molar-refractivity contribution in [2.45, 2.75) is 43.2 Å². The summed E-state index contributed by atoms with van der Waals surface area (Å²) in [4.78, 5) is 0.105. The Bertz CT molecular complexity index is 577. The number of benzene rings is 1. The highest BCUT2D eigenvalue weighted by Crippen LogP contribution is 2.28. The van der Waals surface area contributed by atoms with Gasteiger partial charge in [-0.15, -0.1) is 0 Å². The fraction of sp³-hybridized carbons (Fsp3) is 0.538. The van der Waals surface area contributed by atoms with Crippen LogP contribution >= 0.6 is 15.9 Å². The van der Waals surface area contributed by atoms with Crippen LogP contribution in [0.25, 0.3) is 0 Å². The van der Waals surface area contributed by atoms with Crippen LogP contribution in [0.5, 0.6) is 0 Å². The molecule has 1 heterocycles. The summed E-state index contributed by atoms with van der Waals surface area (Å²) in [6.07, 6.45) is 3.20. The fourth-order valence-electron chi connectivity index (χ4n) is 2.31. The molecular formula is C13H19BrN2O3S. The molecule has 0 amide bonds. The van der Waals surface area contributed by atoms with E-state index >= 15 is 0 Å². The Morgan fingerprint density at radius 2 is 2.25 bits per heavy atom. The summed E-state index contributed by atoms with van der Waals surface area (Å²) in [5, 5.41) is 8.54. The molecule has 2 atom stereocenters. The Morgan fingerprint density at radius 3 is 2.85 bits per heavy atom. The molecule has 112 valence electrons. The summed E-state index contributed by atoms with van der Waals surface area (Å²) in [7, 11) is -3.67. The topological polar surface area (TPSA) is 81.4 Å². The molecule has 0 radical (unpaired) electrons. The van der Waals surface area contributed by atoms with Crippen molar-refractivity contribution in [1.82, 2.24) is 0 Å². The van der Waals surface area contributed by atoms with E-state index in [1.165, 1.54) is 12.1 Å². The number of halogens is 1. The zero-order valence-corrected chi connectivity index (χ0v) is 13.7. The van der Waals surface area contributed by atoms with Crippen molar-refractivity contribution in [2.75, 3.05) is 11.9 Å². The monoisotopic (exact) mass is 362 g/mol. The molecule has 1 fully saturated rings. The first kappa shape index (κ1) is 15.8. The summed E-state index contributed by atoms with van der Waals surface area (Å²) < 4.78 is 28.9. The Hall–Kier alpha value is -0.630. The average Bonchev–Trinajstić information content (AvgIpc) is 2.40. The second-order valence-corrected chi connectivity index (χ2v) is 7.37. The van der Waals surface area contributed by atoms with Crippen molar-refractivity contribution in [3.05, 3.63) is 22.7 Å². The van der Waals surface area contributed by atoms with E-state index in [-0.39, 0.29) is 4.90 Å². The molecule has 1 aliphatic rings. The minimum atomic E-state index is -3.67. The molecule has 0 aromatic heterocycles. The van der Waals surface area contributed by atoms with Crippen LogP contribution in [-0.2, 0) is 14.8 Å². The molecule has 0 spiro atoms. The molecule has 3 N–H and O–H groups in total. The first-order chi connectivity index (χ1) is 9.40. The van der Waals surface area contributed by atoms with Crippen molar-refractivity contribution in [2.24, 2.45) is 5.14 Å². The van der Waals surface area contributed by atoms with Gasteiger partial charge >= 0.3 is 0 Å². The zero-order valence-electron chi connectivity index (χ0n) is 11.3. The maximum absolute atomic E-state index is 11.3. The van der Waals surface area contributed by atoms with Crippen molar-refractivity contribution < 1.29 is 13.2 Å². The van der Waals surface area contributed by atoms with Crippen molar-refractivity contribution in [1.29, 1.82) is 0 Å². The highest BCUT2D eigenvalue weighted by molar-refractivity contribution is 9.10. The predicted molar refractivity (Wildman–Crippen MR) is 82.2 cm³/mol. The lowest BCUT2D eigenvalue weighted by Gasteiger charge is -2.30. The molecule has 1 aromatic carbocycles. The van der Waals surface area contributed by atoms with Gasteiger partial charge in [0.1, 0.15) is 0 Å². The number of primary sulfonamides is 1. The van der Waals surface area contributed by atoms with Crippen LogP contribution < -0.4 is 10.5 Å². The van der Waals surface area contributed by atoms with Crippen LogP contribution in [0.3, 0.4) is 0 Å². The van der Waals surface area contributed by atoms with Gasteiger partial charge in [0, 0.05) is 22.8 Å². The van der Waals surface area contributed by atoms with Gasteiger partial charge in [0.15, 0.2) is 0 Å².